The summed E-state index contributed by atoms with van der Waals surface area (Å²) in [7, 11) is 0. The predicted molar refractivity (Wildman–Crippen MR) is 137 cm³/mol. The molecule has 1 saturated heterocycles. The van der Waals surface area contributed by atoms with Gasteiger partial charge in [-0.05, 0) is 65.9 Å². The van der Waals surface area contributed by atoms with Gasteiger partial charge < -0.3 is 14.8 Å². The maximum Gasteiger partial charge on any atom is 0.294 e. The lowest BCUT2D eigenvalue weighted by atomic mass is 10.2. The van der Waals surface area contributed by atoms with E-state index in [-0.39, 0.29) is 11.4 Å². The standard InChI is InChI=1S/C26H21ClN2O5S/c27-19-5-4-6-20(16-19)28-24(30)17-29-25(31)23(35-26(29)32)15-18-9-11-22(12-10-18)34-14-13-33-21-7-2-1-3-8-21/h1-12,15-16H,13-14,17H2,(H,28,30)/b23-15+. The highest BCUT2D eigenvalue weighted by atomic mass is 35.5. The monoisotopic (exact) mass is 508 g/mol. The number of carbonyl (C=O) groups excluding carboxylic acids is 3. The van der Waals surface area contributed by atoms with E-state index < -0.39 is 17.1 Å². The molecule has 1 N–H and O–H groups in total. The van der Waals surface area contributed by atoms with Crippen molar-refractivity contribution in [3.05, 3.63) is 94.4 Å². The third-order valence-corrected chi connectivity index (χ3v) is 5.97. The molecular weight excluding hydrogens is 488 g/mol. The quantitative estimate of drug-likeness (QED) is 0.304. The molecule has 178 valence electrons. The molecule has 1 heterocycles. The molecular formula is C26H21ClN2O5S. The Kier molecular flexibility index (Phi) is 8.07. The molecule has 35 heavy (non-hydrogen) atoms. The molecule has 0 bridgehead atoms. The van der Waals surface area contributed by atoms with Crippen LogP contribution in [0.5, 0.6) is 11.5 Å². The molecule has 0 aromatic heterocycles. The summed E-state index contributed by atoms with van der Waals surface area (Å²) >= 11 is 6.71. The number of rotatable bonds is 9. The first-order valence-corrected chi connectivity index (χ1v) is 11.9. The predicted octanol–water partition coefficient (Wildman–Crippen LogP) is 5.47. The van der Waals surface area contributed by atoms with Crippen LogP contribution in [0.15, 0.2) is 83.8 Å². The zero-order valence-electron chi connectivity index (χ0n) is 18.5. The molecule has 3 aromatic rings. The van der Waals surface area contributed by atoms with Crippen molar-refractivity contribution >= 4 is 52.2 Å². The Labute approximate surface area is 211 Å². The first-order valence-electron chi connectivity index (χ1n) is 10.7. The summed E-state index contributed by atoms with van der Waals surface area (Å²) in [5.74, 6) is 0.431. The number of halogens is 1. The van der Waals surface area contributed by atoms with Crippen LogP contribution in [0.1, 0.15) is 5.56 Å². The summed E-state index contributed by atoms with van der Waals surface area (Å²) in [4.78, 5) is 38.5. The molecule has 4 rings (SSSR count). The maximum atomic E-state index is 12.7. The van der Waals surface area contributed by atoms with Crippen LogP contribution < -0.4 is 14.8 Å². The van der Waals surface area contributed by atoms with E-state index in [4.69, 9.17) is 21.1 Å². The van der Waals surface area contributed by atoms with Crippen molar-refractivity contribution < 1.29 is 23.9 Å². The first kappa shape index (κ1) is 24.4. The molecule has 0 spiro atoms. The van der Waals surface area contributed by atoms with Gasteiger partial charge in [0.2, 0.25) is 5.91 Å². The molecule has 0 aliphatic carbocycles. The second-order valence-corrected chi connectivity index (χ2v) is 8.84. The van der Waals surface area contributed by atoms with Crippen LogP contribution in [0, 0.1) is 0 Å². The van der Waals surface area contributed by atoms with E-state index in [2.05, 4.69) is 5.32 Å². The number of thioether (sulfide) groups is 1. The third-order valence-electron chi connectivity index (χ3n) is 4.83. The maximum absolute atomic E-state index is 12.7. The highest BCUT2D eigenvalue weighted by molar-refractivity contribution is 8.18. The molecule has 0 radical (unpaired) electrons. The van der Waals surface area contributed by atoms with Crippen molar-refractivity contribution in [3.8, 4) is 11.5 Å². The van der Waals surface area contributed by atoms with Gasteiger partial charge in [-0.15, -0.1) is 0 Å². The van der Waals surface area contributed by atoms with Crippen molar-refractivity contribution in [1.29, 1.82) is 0 Å². The number of amides is 3. The lowest BCUT2D eigenvalue weighted by Gasteiger charge is -2.12. The Balaban J connectivity index is 1.29. The molecule has 0 unspecified atom stereocenters. The van der Waals surface area contributed by atoms with Gasteiger partial charge >= 0.3 is 0 Å². The molecule has 1 aliphatic heterocycles. The molecule has 7 nitrogen and oxygen atoms in total. The normalized spacial score (nSPS) is 14.3. The number of hydrogen-bond acceptors (Lipinski definition) is 6. The summed E-state index contributed by atoms with van der Waals surface area (Å²) in [5.41, 5.74) is 1.21. The zero-order valence-corrected chi connectivity index (χ0v) is 20.1. The van der Waals surface area contributed by atoms with Crippen LogP contribution in [0.3, 0.4) is 0 Å². The van der Waals surface area contributed by atoms with Gasteiger partial charge in [-0.3, -0.25) is 19.3 Å². The average molecular weight is 509 g/mol. The zero-order chi connectivity index (χ0) is 24.6. The van der Waals surface area contributed by atoms with Gasteiger partial charge in [0.25, 0.3) is 11.1 Å². The van der Waals surface area contributed by atoms with E-state index in [1.54, 1.807) is 54.6 Å². The SMILES string of the molecule is O=C(CN1C(=O)S/C(=C/c2ccc(OCCOc3ccccc3)cc2)C1=O)Nc1cccc(Cl)c1. The molecule has 9 heteroatoms. The van der Waals surface area contributed by atoms with Crippen LogP contribution in [0.4, 0.5) is 10.5 Å². The van der Waals surface area contributed by atoms with Crippen LogP contribution in [-0.4, -0.2) is 41.7 Å². The van der Waals surface area contributed by atoms with Crippen molar-refractivity contribution in [2.75, 3.05) is 25.1 Å². The largest absolute Gasteiger partial charge is 0.490 e. The van der Waals surface area contributed by atoms with Gasteiger partial charge in [0, 0.05) is 10.7 Å². The van der Waals surface area contributed by atoms with E-state index >= 15 is 0 Å². The summed E-state index contributed by atoms with van der Waals surface area (Å²) in [6.45, 7) is 0.403. The number of carbonyl (C=O) groups is 3. The molecule has 0 saturated carbocycles. The minimum atomic E-state index is -0.514. The lowest BCUT2D eigenvalue weighted by Crippen LogP contribution is -2.36. The first-order chi connectivity index (χ1) is 17.0. The second-order valence-electron chi connectivity index (χ2n) is 7.41. The fourth-order valence-electron chi connectivity index (χ4n) is 3.19. The minimum absolute atomic E-state index is 0.246. The fourth-order valence-corrected chi connectivity index (χ4v) is 4.22. The average Bonchev–Trinajstić information content (AvgIpc) is 3.10. The number of nitrogens with zero attached hydrogens (tertiary/aromatic N) is 1. The Bertz CT molecular complexity index is 1250. The van der Waals surface area contributed by atoms with E-state index in [1.807, 2.05) is 30.3 Å². The van der Waals surface area contributed by atoms with Crippen molar-refractivity contribution in [3.63, 3.8) is 0 Å². The van der Waals surface area contributed by atoms with Gasteiger partial charge in [-0.2, -0.15) is 0 Å². The molecule has 3 amide bonds. The van der Waals surface area contributed by atoms with Crippen LogP contribution >= 0.6 is 23.4 Å². The fraction of sp³-hybridized carbons (Fsp3) is 0.115. The van der Waals surface area contributed by atoms with Crippen LogP contribution in [-0.2, 0) is 9.59 Å². The number of hydrogen-bond donors (Lipinski definition) is 1. The summed E-state index contributed by atoms with van der Waals surface area (Å²) in [6.07, 6.45) is 1.61. The smallest absolute Gasteiger partial charge is 0.294 e. The summed E-state index contributed by atoms with van der Waals surface area (Å²) in [6, 6.07) is 23.2. The molecule has 3 aromatic carbocycles. The summed E-state index contributed by atoms with van der Waals surface area (Å²) in [5, 5.41) is 2.60. The van der Waals surface area contributed by atoms with Gasteiger partial charge in [0.1, 0.15) is 31.3 Å². The molecule has 0 atom stereocenters. The van der Waals surface area contributed by atoms with E-state index in [1.165, 1.54) is 0 Å². The van der Waals surface area contributed by atoms with E-state index in [9.17, 15) is 14.4 Å². The Morgan fingerprint density at radius 2 is 1.60 bits per heavy atom. The third kappa shape index (κ3) is 6.88. The number of ether oxygens (including phenoxy) is 2. The summed E-state index contributed by atoms with van der Waals surface area (Å²) < 4.78 is 11.3. The number of imide groups is 1. The van der Waals surface area contributed by atoms with Crippen molar-refractivity contribution in [1.82, 2.24) is 4.90 Å². The number of benzene rings is 3. The lowest BCUT2D eigenvalue weighted by molar-refractivity contribution is -0.127. The van der Waals surface area contributed by atoms with Crippen molar-refractivity contribution in [2.45, 2.75) is 0 Å². The Hall–Kier alpha value is -3.75. The van der Waals surface area contributed by atoms with Crippen LogP contribution in [0.25, 0.3) is 6.08 Å². The number of para-hydroxylation sites is 1. The van der Waals surface area contributed by atoms with Crippen molar-refractivity contribution in [2.24, 2.45) is 0 Å². The number of nitrogens with one attached hydrogen (secondary N) is 1. The number of anilines is 1. The Morgan fingerprint density at radius 1 is 0.914 bits per heavy atom. The highest BCUT2D eigenvalue weighted by Gasteiger charge is 2.36. The second kappa shape index (κ2) is 11.6. The topological polar surface area (TPSA) is 84.9 Å². The van der Waals surface area contributed by atoms with Gasteiger partial charge in [-0.1, -0.05) is 48.0 Å². The van der Waals surface area contributed by atoms with E-state index in [0.29, 0.717) is 29.7 Å². The highest BCUT2D eigenvalue weighted by Crippen LogP contribution is 2.32. The van der Waals surface area contributed by atoms with Crippen LogP contribution in [0.2, 0.25) is 5.02 Å². The minimum Gasteiger partial charge on any atom is -0.490 e. The van der Waals surface area contributed by atoms with E-state index in [0.717, 1.165) is 28.0 Å². The van der Waals surface area contributed by atoms with Gasteiger partial charge in [0.05, 0.1) is 4.91 Å². The van der Waals surface area contributed by atoms with Gasteiger partial charge in [0.15, 0.2) is 0 Å². The van der Waals surface area contributed by atoms with Gasteiger partial charge in [-0.25, -0.2) is 0 Å². The molecule has 1 fully saturated rings. The molecule has 1 aliphatic rings. The Morgan fingerprint density at radius 3 is 2.29 bits per heavy atom.